The zero-order valence-corrected chi connectivity index (χ0v) is 8.77. The molecular weight excluding hydrogens is 188 g/mol. The number of hydrogen-bond donors (Lipinski definition) is 0. The summed E-state index contributed by atoms with van der Waals surface area (Å²) in [6, 6.07) is 7.91. The van der Waals surface area contributed by atoms with Crippen LogP contribution in [0, 0.1) is 0 Å². The molecule has 0 bridgehead atoms. The fourth-order valence-corrected chi connectivity index (χ4v) is 1.55. The molecule has 15 heavy (non-hydrogen) atoms. The Balaban J connectivity index is 2.72. The Kier molecular flexibility index (Phi) is 2.37. The van der Waals surface area contributed by atoms with Gasteiger partial charge in [-0.3, -0.25) is 9.78 Å². The summed E-state index contributed by atoms with van der Waals surface area (Å²) in [5.74, 6) is 0. The van der Waals surface area contributed by atoms with Gasteiger partial charge < -0.3 is 4.90 Å². The molecule has 0 unspecified atom stereocenters. The van der Waals surface area contributed by atoms with Crippen molar-refractivity contribution in [1.82, 2.24) is 4.98 Å². The summed E-state index contributed by atoms with van der Waals surface area (Å²) < 4.78 is 0. The van der Waals surface area contributed by atoms with E-state index < -0.39 is 0 Å². The van der Waals surface area contributed by atoms with Gasteiger partial charge in [0.1, 0.15) is 5.69 Å². The van der Waals surface area contributed by atoms with E-state index in [1.54, 1.807) is 6.20 Å². The van der Waals surface area contributed by atoms with E-state index in [-0.39, 0.29) is 0 Å². The van der Waals surface area contributed by atoms with E-state index in [0.717, 1.165) is 22.7 Å². The number of hydrogen-bond acceptors (Lipinski definition) is 3. The van der Waals surface area contributed by atoms with Crippen molar-refractivity contribution >= 4 is 22.7 Å². The smallest absolute Gasteiger partial charge is 0.169 e. The molecule has 0 aliphatic carbocycles. The second-order valence-corrected chi connectivity index (χ2v) is 3.61. The molecule has 0 N–H and O–H groups in total. The number of rotatable bonds is 2. The topological polar surface area (TPSA) is 33.2 Å². The van der Waals surface area contributed by atoms with E-state index in [4.69, 9.17) is 0 Å². The zero-order chi connectivity index (χ0) is 10.8. The molecule has 1 aromatic carbocycles. The van der Waals surface area contributed by atoms with Gasteiger partial charge in [0.2, 0.25) is 0 Å². The first kappa shape index (κ1) is 9.65. The molecular formula is C12H12N2O. The molecule has 0 amide bonds. The number of fused-ring (bicyclic) bond motifs is 1. The van der Waals surface area contributed by atoms with E-state index in [2.05, 4.69) is 4.98 Å². The number of nitrogens with zero attached hydrogens (tertiary/aromatic N) is 2. The monoisotopic (exact) mass is 200 g/mol. The second-order valence-electron chi connectivity index (χ2n) is 3.61. The zero-order valence-electron chi connectivity index (χ0n) is 8.77. The highest BCUT2D eigenvalue weighted by molar-refractivity contribution is 5.97. The predicted octanol–water partition coefficient (Wildman–Crippen LogP) is 2.11. The lowest BCUT2D eigenvalue weighted by Crippen LogP contribution is -2.08. The Labute approximate surface area is 88.3 Å². The Morgan fingerprint density at radius 1 is 1.27 bits per heavy atom. The standard InChI is InChI=1S/C12H12N2O/c1-14(2)10-4-3-9-5-6-13-12(8-15)11(9)7-10/h3-8H,1-2H3. The van der Waals surface area contributed by atoms with E-state index in [1.807, 2.05) is 43.3 Å². The molecule has 0 saturated heterocycles. The normalized spacial score (nSPS) is 10.3. The van der Waals surface area contributed by atoms with E-state index in [1.165, 1.54) is 0 Å². The van der Waals surface area contributed by atoms with Gasteiger partial charge in [0.05, 0.1) is 0 Å². The minimum Gasteiger partial charge on any atom is -0.378 e. The largest absolute Gasteiger partial charge is 0.378 e. The highest BCUT2D eigenvalue weighted by atomic mass is 16.1. The lowest BCUT2D eigenvalue weighted by molar-refractivity contribution is 0.112. The molecule has 1 aromatic heterocycles. The number of carbonyl (C=O) groups excluding carboxylic acids is 1. The molecule has 1 heterocycles. The third-order valence-electron chi connectivity index (χ3n) is 2.41. The van der Waals surface area contributed by atoms with Gasteiger partial charge in [-0.05, 0) is 23.6 Å². The van der Waals surface area contributed by atoms with Gasteiger partial charge in [0, 0.05) is 31.4 Å². The molecule has 0 saturated carbocycles. The maximum Gasteiger partial charge on any atom is 0.169 e. The summed E-state index contributed by atoms with van der Waals surface area (Å²) >= 11 is 0. The molecule has 0 aliphatic rings. The van der Waals surface area contributed by atoms with Crippen LogP contribution in [0.5, 0.6) is 0 Å². The predicted molar refractivity (Wildman–Crippen MR) is 61.5 cm³/mol. The first-order valence-corrected chi connectivity index (χ1v) is 4.73. The number of benzene rings is 1. The van der Waals surface area contributed by atoms with Crippen LogP contribution in [0.25, 0.3) is 10.8 Å². The molecule has 0 fully saturated rings. The SMILES string of the molecule is CN(C)c1ccc2ccnc(C=O)c2c1. The lowest BCUT2D eigenvalue weighted by atomic mass is 10.1. The van der Waals surface area contributed by atoms with E-state index >= 15 is 0 Å². The Morgan fingerprint density at radius 3 is 2.73 bits per heavy atom. The van der Waals surface area contributed by atoms with Crippen LogP contribution in [0.4, 0.5) is 5.69 Å². The average Bonchev–Trinajstić information content (AvgIpc) is 2.27. The second kappa shape index (κ2) is 3.69. The van der Waals surface area contributed by atoms with Gasteiger partial charge in [-0.1, -0.05) is 6.07 Å². The molecule has 0 spiro atoms. The Morgan fingerprint density at radius 2 is 2.07 bits per heavy atom. The third kappa shape index (κ3) is 1.68. The minimum atomic E-state index is 0.496. The fraction of sp³-hybridized carbons (Fsp3) is 0.167. The van der Waals surface area contributed by atoms with E-state index in [9.17, 15) is 4.79 Å². The summed E-state index contributed by atoms with van der Waals surface area (Å²) in [4.78, 5) is 16.9. The quantitative estimate of drug-likeness (QED) is 0.696. The third-order valence-corrected chi connectivity index (χ3v) is 2.41. The molecule has 2 rings (SSSR count). The Hall–Kier alpha value is -1.90. The van der Waals surface area contributed by atoms with Crippen molar-refractivity contribution < 1.29 is 4.79 Å². The first-order valence-electron chi connectivity index (χ1n) is 4.73. The summed E-state index contributed by atoms with van der Waals surface area (Å²) in [6.45, 7) is 0. The van der Waals surface area contributed by atoms with Crippen molar-refractivity contribution in [1.29, 1.82) is 0 Å². The molecule has 3 heteroatoms. The van der Waals surface area contributed by atoms with Crippen molar-refractivity contribution in [2.24, 2.45) is 0 Å². The van der Waals surface area contributed by atoms with Crippen LogP contribution >= 0.6 is 0 Å². The van der Waals surface area contributed by atoms with Crippen LogP contribution < -0.4 is 4.90 Å². The van der Waals surface area contributed by atoms with Crippen molar-refractivity contribution in [3.8, 4) is 0 Å². The van der Waals surface area contributed by atoms with Gasteiger partial charge in [-0.2, -0.15) is 0 Å². The molecule has 3 nitrogen and oxygen atoms in total. The van der Waals surface area contributed by atoms with Gasteiger partial charge >= 0.3 is 0 Å². The van der Waals surface area contributed by atoms with Crippen molar-refractivity contribution in [3.63, 3.8) is 0 Å². The number of anilines is 1. The number of aldehydes is 1. The first-order chi connectivity index (χ1) is 7.22. The average molecular weight is 200 g/mol. The highest BCUT2D eigenvalue weighted by Crippen LogP contribution is 2.21. The molecule has 0 atom stereocenters. The number of pyridine rings is 1. The fourth-order valence-electron chi connectivity index (χ4n) is 1.55. The van der Waals surface area contributed by atoms with Crippen molar-refractivity contribution in [2.45, 2.75) is 0 Å². The van der Waals surface area contributed by atoms with Gasteiger partial charge in [0.25, 0.3) is 0 Å². The minimum absolute atomic E-state index is 0.496. The summed E-state index contributed by atoms with van der Waals surface area (Å²) in [5.41, 5.74) is 1.56. The van der Waals surface area contributed by atoms with Crippen LogP contribution in [-0.2, 0) is 0 Å². The number of aromatic nitrogens is 1. The van der Waals surface area contributed by atoms with Crippen molar-refractivity contribution in [2.75, 3.05) is 19.0 Å². The van der Waals surface area contributed by atoms with Gasteiger partial charge in [-0.15, -0.1) is 0 Å². The van der Waals surface area contributed by atoms with Crippen LogP contribution in [0.3, 0.4) is 0 Å². The summed E-state index contributed by atoms with van der Waals surface area (Å²) in [5, 5.41) is 1.94. The van der Waals surface area contributed by atoms with Crippen LogP contribution in [0.15, 0.2) is 30.5 Å². The summed E-state index contributed by atoms with van der Waals surface area (Å²) in [6.07, 6.45) is 2.45. The molecule has 76 valence electrons. The Bertz CT molecular complexity index is 506. The van der Waals surface area contributed by atoms with E-state index in [0.29, 0.717) is 5.69 Å². The van der Waals surface area contributed by atoms with Crippen LogP contribution in [-0.4, -0.2) is 25.4 Å². The molecule has 2 aromatic rings. The van der Waals surface area contributed by atoms with Gasteiger partial charge in [0.15, 0.2) is 6.29 Å². The van der Waals surface area contributed by atoms with Crippen molar-refractivity contribution in [3.05, 3.63) is 36.2 Å². The maximum absolute atomic E-state index is 10.8. The highest BCUT2D eigenvalue weighted by Gasteiger charge is 2.03. The molecule has 0 aliphatic heterocycles. The molecule has 0 radical (unpaired) electrons. The lowest BCUT2D eigenvalue weighted by Gasteiger charge is -2.13. The summed E-state index contributed by atoms with van der Waals surface area (Å²) in [7, 11) is 3.94. The maximum atomic E-state index is 10.8. The van der Waals surface area contributed by atoms with Crippen LogP contribution in [0.1, 0.15) is 10.5 Å². The number of carbonyl (C=O) groups is 1. The van der Waals surface area contributed by atoms with Gasteiger partial charge in [-0.25, -0.2) is 0 Å². The van der Waals surface area contributed by atoms with Crippen LogP contribution in [0.2, 0.25) is 0 Å².